The number of hydrogen-bond acceptors (Lipinski definition) is 8. The zero-order valence-corrected chi connectivity index (χ0v) is 20.5. The van der Waals surface area contributed by atoms with Gasteiger partial charge in [-0.05, 0) is 24.0 Å². The molecule has 0 radical (unpaired) electrons. The van der Waals surface area contributed by atoms with E-state index in [9.17, 15) is 33.9 Å². The van der Waals surface area contributed by atoms with Crippen LogP contribution in [0.2, 0.25) is 0 Å². The smallest absolute Gasteiger partial charge is 0.326 e. The van der Waals surface area contributed by atoms with Crippen molar-refractivity contribution in [3.63, 3.8) is 0 Å². The molecule has 0 saturated heterocycles. The Kier molecular flexibility index (Phi) is 13.0. The molecule has 0 aliphatic rings. The average Bonchev–Trinajstić information content (AvgIpc) is 2.80. The van der Waals surface area contributed by atoms with Gasteiger partial charge < -0.3 is 37.6 Å². The number of carboxylic acid groups (broad SMARTS) is 2. The molecule has 0 aliphatic heterocycles. The van der Waals surface area contributed by atoms with E-state index in [-0.39, 0.29) is 12.8 Å². The van der Waals surface area contributed by atoms with E-state index in [1.54, 1.807) is 36.6 Å². The monoisotopic (exact) mass is 525 g/mol. The molecule has 0 saturated carbocycles. The van der Waals surface area contributed by atoms with Crippen LogP contribution in [0.15, 0.2) is 30.3 Å². The molecule has 4 unspecified atom stereocenters. The van der Waals surface area contributed by atoms with Crippen LogP contribution in [0.1, 0.15) is 24.8 Å². The van der Waals surface area contributed by atoms with Gasteiger partial charge in [-0.3, -0.25) is 24.0 Å². The highest BCUT2D eigenvalue weighted by Crippen LogP contribution is 2.07. The van der Waals surface area contributed by atoms with Crippen molar-refractivity contribution in [2.24, 2.45) is 11.5 Å². The van der Waals surface area contributed by atoms with E-state index < -0.39 is 72.6 Å². The Balaban J connectivity index is 3.09. The summed E-state index contributed by atoms with van der Waals surface area (Å²) in [6, 6.07) is 2.99. The van der Waals surface area contributed by atoms with Crippen molar-refractivity contribution in [1.82, 2.24) is 16.0 Å². The lowest BCUT2D eigenvalue weighted by Gasteiger charge is -2.24. The SMILES string of the molecule is CSCCC(NC(=O)C(CC(N)=O)NC(=O)C(Cc1ccccc1)NC(=O)C(N)CC(=O)O)C(=O)O. The van der Waals surface area contributed by atoms with Crippen LogP contribution in [-0.4, -0.2) is 82.0 Å². The predicted octanol–water partition coefficient (Wildman–Crippen LogP) is -1.80. The molecule has 1 aromatic carbocycles. The number of carbonyl (C=O) groups excluding carboxylic acids is 4. The Morgan fingerprint density at radius 1 is 0.861 bits per heavy atom. The largest absolute Gasteiger partial charge is 0.481 e. The molecule has 0 aliphatic carbocycles. The van der Waals surface area contributed by atoms with Gasteiger partial charge in [0.1, 0.15) is 18.1 Å². The number of amides is 4. The Labute approximate surface area is 211 Å². The van der Waals surface area contributed by atoms with Crippen LogP contribution in [0.25, 0.3) is 0 Å². The van der Waals surface area contributed by atoms with Crippen LogP contribution in [0, 0.1) is 0 Å². The van der Waals surface area contributed by atoms with Gasteiger partial charge >= 0.3 is 11.9 Å². The summed E-state index contributed by atoms with van der Waals surface area (Å²) < 4.78 is 0. The van der Waals surface area contributed by atoms with Gasteiger partial charge in [0.05, 0.1) is 18.9 Å². The van der Waals surface area contributed by atoms with Gasteiger partial charge in [0.2, 0.25) is 23.6 Å². The minimum atomic E-state index is -1.52. The van der Waals surface area contributed by atoms with Crippen molar-refractivity contribution in [1.29, 1.82) is 0 Å². The molecule has 14 heteroatoms. The van der Waals surface area contributed by atoms with Gasteiger partial charge in [-0.2, -0.15) is 11.8 Å². The zero-order valence-electron chi connectivity index (χ0n) is 19.6. The number of benzene rings is 1. The normalized spacial score (nSPS) is 13.9. The maximum Gasteiger partial charge on any atom is 0.326 e. The van der Waals surface area contributed by atoms with E-state index in [2.05, 4.69) is 16.0 Å². The van der Waals surface area contributed by atoms with E-state index >= 15 is 0 Å². The standard InChI is InChI=1S/C22H31N5O8S/c1-36-8-7-14(22(34)35)25-21(33)16(11-17(24)28)27-20(32)15(9-12-5-3-2-4-6-12)26-19(31)13(23)10-18(29)30/h2-6,13-16H,7-11,23H2,1H3,(H2,24,28)(H,25,33)(H,26,31)(H,27,32)(H,29,30)(H,34,35). The summed E-state index contributed by atoms with van der Waals surface area (Å²) in [5.74, 6) is -5.83. The van der Waals surface area contributed by atoms with Crippen LogP contribution in [0.5, 0.6) is 0 Å². The number of rotatable bonds is 16. The topological polar surface area (TPSA) is 231 Å². The van der Waals surface area contributed by atoms with E-state index in [1.807, 2.05) is 0 Å². The second kappa shape index (κ2) is 15.4. The van der Waals surface area contributed by atoms with Crippen molar-refractivity contribution in [2.45, 2.75) is 49.9 Å². The number of carbonyl (C=O) groups is 6. The molecular weight excluding hydrogens is 494 g/mol. The highest BCUT2D eigenvalue weighted by atomic mass is 32.2. The molecule has 0 fully saturated rings. The van der Waals surface area contributed by atoms with Crippen molar-refractivity contribution in [3.8, 4) is 0 Å². The average molecular weight is 526 g/mol. The third-order valence-corrected chi connectivity index (χ3v) is 5.55. The fourth-order valence-electron chi connectivity index (χ4n) is 3.07. The van der Waals surface area contributed by atoms with Crippen LogP contribution in [-0.2, 0) is 35.2 Å². The van der Waals surface area contributed by atoms with E-state index in [0.717, 1.165) is 0 Å². The van der Waals surface area contributed by atoms with Crippen LogP contribution < -0.4 is 27.4 Å². The third kappa shape index (κ3) is 11.2. The maximum absolute atomic E-state index is 13.1. The Bertz CT molecular complexity index is 946. The molecule has 198 valence electrons. The van der Waals surface area contributed by atoms with E-state index in [1.165, 1.54) is 11.8 Å². The first kappa shape index (κ1) is 30.4. The first-order valence-corrected chi connectivity index (χ1v) is 12.3. The highest BCUT2D eigenvalue weighted by molar-refractivity contribution is 7.98. The minimum Gasteiger partial charge on any atom is -0.481 e. The molecule has 4 atom stereocenters. The Morgan fingerprint density at radius 2 is 1.42 bits per heavy atom. The molecule has 0 heterocycles. The predicted molar refractivity (Wildman–Crippen MR) is 131 cm³/mol. The summed E-state index contributed by atoms with van der Waals surface area (Å²) in [6.07, 6.45) is 0.518. The van der Waals surface area contributed by atoms with Gasteiger partial charge in [-0.15, -0.1) is 0 Å². The summed E-state index contributed by atoms with van der Waals surface area (Å²) in [6.45, 7) is 0. The first-order valence-electron chi connectivity index (χ1n) is 10.9. The minimum absolute atomic E-state index is 0.0470. The summed E-state index contributed by atoms with van der Waals surface area (Å²) in [5.41, 5.74) is 11.4. The lowest BCUT2D eigenvalue weighted by molar-refractivity contribution is -0.142. The molecule has 36 heavy (non-hydrogen) atoms. The number of nitrogens with one attached hydrogen (secondary N) is 3. The van der Waals surface area contributed by atoms with Crippen molar-refractivity contribution < 1.29 is 39.0 Å². The summed E-state index contributed by atoms with van der Waals surface area (Å²) >= 11 is 1.37. The molecule has 9 N–H and O–H groups in total. The number of primary amides is 1. The third-order valence-electron chi connectivity index (χ3n) is 4.91. The number of thioether (sulfide) groups is 1. The van der Waals surface area contributed by atoms with Crippen LogP contribution >= 0.6 is 11.8 Å². The van der Waals surface area contributed by atoms with Crippen molar-refractivity contribution >= 4 is 47.3 Å². The number of nitrogens with two attached hydrogens (primary N) is 2. The Morgan fingerprint density at radius 3 is 1.94 bits per heavy atom. The van der Waals surface area contributed by atoms with Gasteiger partial charge in [0, 0.05) is 6.42 Å². The van der Waals surface area contributed by atoms with Crippen LogP contribution in [0.3, 0.4) is 0 Å². The summed E-state index contributed by atoms with van der Waals surface area (Å²) in [4.78, 5) is 72.1. The zero-order chi connectivity index (χ0) is 27.3. The number of aliphatic carboxylic acids is 2. The lowest BCUT2D eigenvalue weighted by atomic mass is 10.0. The summed E-state index contributed by atoms with van der Waals surface area (Å²) in [5, 5.41) is 25.2. The molecule has 0 aromatic heterocycles. The van der Waals surface area contributed by atoms with Crippen LogP contribution in [0.4, 0.5) is 0 Å². The molecule has 1 rings (SSSR count). The Hall–Kier alpha value is -3.65. The highest BCUT2D eigenvalue weighted by Gasteiger charge is 2.31. The molecule has 1 aromatic rings. The second-order valence-electron chi connectivity index (χ2n) is 7.87. The number of hydrogen-bond donors (Lipinski definition) is 7. The van der Waals surface area contributed by atoms with E-state index in [0.29, 0.717) is 11.3 Å². The molecule has 13 nitrogen and oxygen atoms in total. The van der Waals surface area contributed by atoms with Crippen molar-refractivity contribution in [2.75, 3.05) is 12.0 Å². The van der Waals surface area contributed by atoms with E-state index in [4.69, 9.17) is 16.6 Å². The molecule has 4 amide bonds. The summed E-state index contributed by atoms with van der Waals surface area (Å²) in [7, 11) is 0. The maximum atomic E-state index is 13.1. The molecule has 0 bridgehead atoms. The van der Waals surface area contributed by atoms with Gasteiger partial charge in [0.25, 0.3) is 0 Å². The van der Waals surface area contributed by atoms with Crippen molar-refractivity contribution in [3.05, 3.63) is 35.9 Å². The fourth-order valence-corrected chi connectivity index (χ4v) is 3.54. The fraction of sp³-hybridized carbons (Fsp3) is 0.455. The van der Waals surface area contributed by atoms with Gasteiger partial charge in [-0.1, -0.05) is 30.3 Å². The van der Waals surface area contributed by atoms with Gasteiger partial charge in [-0.25, -0.2) is 4.79 Å². The quantitative estimate of drug-likeness (QED) is 0.128. The first-order chi connectivity index (χ1) is 16.9. The number of carboxylic acids is 2. The molecular formula is C22H31N5O8S. The molecule has 0 spiro atoms. The second-order valence-corrected chi connectivity index (χ2v) is 8.85. The lowest BCUT2D eigenvalue weighted by Crippen LogP contribution is -2.58. The van der Waals surface area contributed by atoms with Gasteiger partial charge in [0.15, 0.2) is 0 Å².